The molecular weight excluding hydrogens is 335 g/mol. The van der Waals surface area contributed by atoms with E-state index in [1.54, 1.807) is 36.4 Å². The minimum Gasteiger partial charge on any atom is -0.491 e. The van der Waals surface area contributed by atoms with Crippen LogP contribution in [-0.2, 0) is 11.2 Å². The number of ether oxygens (including phenoxy) is 1. The van der Waals surface area contributed by atoms with E-state index in [2.05, 4.69) is 10.2 Å². The number of carbonyl (C=O) groups is 1. The van der Waals surface area contributed by atoms with Crippen molar-refractivity contribution in [3.05, 3.63) is 53.8 Å². The number of halogens is 1. The zero-order valence-electron chi connectivity index (χ0n) is 14.7. The van der Waals surface area contributed by atoms with Crippen LogP contribution in [0, 0.1) is 5.82 Å². The van der Waals surface area contributed by atoms with Gasteiger partial charge in [-0.2, -0.15) is 0 Å². The number of rotatable bonds is 6. The number of fused-ring (bicyclic) bond motifs is 1. The van der Waals surface area contributed by atoms with Crippen molar-refractivity contribution in [2.75, 3.05) is 29.9 Å². The van der Waals surface area contributed by atoms with Gasteiger partial charge in [-0.15, -0.1) is 0 Å². The SMILES string of the molecule is CC(=O)Nc1ccc(OCC(O)CN2CCCc3cc(F)ccc32)cc1. The fourth-order valence-corrected chi connectivity index (χ4v) is 3.17. The fourth-order valence-electron chi connectivity index (χ4n) is 3.17. The molecule has 26 heavy (non-hydrogen) atoms. The van der Waals surface area contributed by atoms with Crippen molar-refractivity contribution < 1.29 is 19.0 Å². The van der Waals surface area contributed by atoms with Crippen molar-refractivity contribution in [2.24, 2.45) is 0 Å². The average molecular weight is 358 g/mol. The summed E-state index contributed by atoms with van der Waals surface area (Å²) in [6, 6.07) is 11.8. The second-order valence-corrected chi connectivity index (χ2v) is 6.49. The quantitative estimate of drug-likeness (QED) is 0.833. The van der Waals surface area contributed by atoms with Gasteiger partial charge < -0.3 is 20.1 Å². The predicted molar refractivity (Wildman–Crippen MR) is 99.2 cm³/mol. The molecule has 0 saturated heterocycles. The molecule has 2 N–H and O–H groups in total. The predicted octanol–water partition coefficient (Wildman–Crippen LogP) is 2.98. The van der Waals surface area contributed by atoms with E-state index in [0.29, 0.717) is 18.0 Å². The van der Waals surface area contributed by atoms with Crippen molar-refractivity contribution in [1.29, 1.82) is 0 Å². The number of β-amino-alcohol motifs (C(OH)–C–C–N with tert-alkyl or cyclic N) is 1. The van der Waals surface area contributed by atoms with E-state index >= 15 is 0 Å². The van der Waals surface area contributed by atoms with Crippen LogP contribution >= 0.6 is 0 Å². The molecule has 1 heterocycles. The van der Waals surface area contributed by atoms with Crippen LogP contribution in [0.2, 0.25) is 0 Å². The van der Waals surface area contributed by atoms with Gasteiger partial charge in [0.15, 0.2) is 0 Å². The third-order valence-corrected chi connectivity index (χ3v) is 4.30. The molecule has 6 heteroatoms. The zero-order chi connectivity index (χ0) is 18.5. The molecule has 0 saturated carbocycles. The Balaban J connectivity index is 1.53. The van der Waals surface area contributed by atoms with Crippen LogP contribution in [0.15, 0.2) is 42.5 Å². The molecular formula is C20H23FN2O3. The first-order chi connectivity index (χ1) is 12.5. The summed E-state index contributed by atoms with van der Waals surface area (Å²) in [5, 5.41) is 13.0. The second-order valence-electron chi connectivity index (χ2n) is 6.49. The summed E-state index contributed by atoms with van der Waals surface area (Å²) in [4.78, 5) is 13.1. The summed E-state index contributed by atoms with van der Waals surface area (Å²) in [7, 11) is 0. The van der Waals surface area contributed by atoms with Crippen LogP contribution in [0.3, 0.4) is 0 Å². The smallest absolute Gasteiger partial charge is 0.221 e. The minimum absolute atomic E-state index is 0.129. The molecule has 1 atom stereocenters. The highest BCUT2D eigenvalue weighted by atomic mass is 19.1. The average Bonchev–Trinajstić information content (AvgIpc) is 2.60. The molecule has 1 unspecified atom stereocenters. The van der Waals surface area contributed by atoms with Gasteiger partial charge in [-0.3, -0.25) is 4.79 Å². The van der Waals surface area contributed by atoms with Gasteiger partial charge >= 0.3 is 0 Å². The van der Waals surface area contributed by atoms with E-state index in [1.807, 2.05) is 0 Å². The summed E-state index contributed by atoms with van der Waals surface area (Å²) < 4.78 is 19.0. The van der Waals surface area contributed by atoms with E-state index in [0.717, 1.165) is 30.6 Å². The molecule has 1 aliphatic heterocycles. The van der Waals surface area contributed by atoms with Crippen LogP contribution in [0.4, 0.5) is 15.8 Å². The molecule has 1 amide bonds. The first kappa shape index (κ1) is 18.2. The van der Waals surface area contributed by atoms with Gasteiger partial charge in [-0.05, 0) is 60.9 Å². The van der Waals surface area contributed by atoms with Crippen molar-refractivity contribution >= 4 is 17.3 Å². The Labute approximate surface area is 152 Å². The van der Waals surface area contributed by atoms with E-state index in [1.165, 1.54) is 13.0 Å². The Kier molecular flexibility index (Phi) is 5.73. The highest BCUT2D eigenvalue weighted by Gasteiger charge is 2.20. The lowest BCUT2D eigenvalue weighted by molar-refractivity contribution is -0.114. The van der Waals surface area contributed by atoms with Crippen LogP contribution < -0.4 is 15.0 Å². The highest BCUT2D eigenvalue weighted by Crippen LogP contribution is 2.27. The van der Waals surface area contributed by atoms with Gasteiger partial charge in [0.2, 0.25) is 5.91 Å². The molecule has 0 radical (unpaired) electrons. The van der Waals surface area contributed by atoms with Gasteiger partial charge in [-0.25, -0.2) is 4.39 Å². The Morgan fingerprint density at radius 1 is 1.31 bits per heavy atom. The number of amides is 1. The molecule has 5 nitrogen and oxygen atoms in total. The Bertz CT molecular complexity index is 764. The molecule has 2 aromatic carbocycles. The number of nitrogens with one attached hydrogen (secondary N) is 1. The molecule has 2 aromatic rings. The maximum absolute atomic E-state index is 13.4. The Hall–Kier alpha value is -2.60. The van der Waals surface area contributed by atoms with E-state index < -0.39 is 6.10 Å². The maximum atomic E-state index is 13.4. The topological polar surface area (TPSA) is 61.8 Å². The number of benzene rings is 2. The minimum atomic E-state index is -0.666. The summed E-state index contributed by atoms with van der Waals surface area (Å²) >= 11 is 0. The number of hydrogen-bond donors (Lipinski definition) is 2. The molecule has 0 bridgehead atoms. The largest absolute Gasteiger partial charge is 0.491 e. The van der Waals surface area contributed by atoms with Crippen molar-refractivity contribution in [1.82, 2.24) is 0 Å². The summed E-state index contributed by atoms with van der Waals surface area (Å²) in [6.45, 7) is 2.88. The molecule has 3 rings (SSSR count). The van der Waals surface area contributed by atoms with E-state index in [4.69, 9.17) is 4.74 Å². The van der Waals surface area contributed by atoms with Crippen LogP contribution in [0.1, 0.15) is 18.9 Å². The van der Waals surface area contributed by atoms with Gasteiger partial charge in [0, 0.05) is 31.4 Å². The fraction of sp³-hybridized carbons (Fsp3) is 0.350. The summed E-state index contributed by atoms with van der Waals surface area (Å²) in [5.74, 6) is 0.271. The monoisotopic (exact) mass is 358 g/mol. The number of aliphatic hydroxyl groups is 1. The number of nitrogens with zero attached hydrogens (tertiary/aromatic N) is 1. The second kappa shape index (κ2) is 8.19. The third kappa shape index (κ3) is 4.73. The Morgan fingerprint density at radius 2 is 2.08 bits per heavy atom. The number of aryl methyl sites for hydroxylation is 1. The molecule has 138 valence electrons. The zero-order valence-corrected chi connectivity index (χ0v) is 14.7. The Morgan fingerprint density at radius 3 is 2.81 bits per heavy atom. The molecule has 0 aromatic heterocycles. The first-order valence-corrected chi connectivity index (χ1v) is 8.73. The van der Waals surface area contributed by atoms with E-state index in [9.17, 15) is 14.3 Å². The van der Waals surface area contributed by atoms with Gasteiger partial charge in [-0.1, -0.05) is 0 Å². The van der Waals surface area contributed by atoms with Crippen LogP contribution in [0.5, 0.6) is 5.75 Å². The lowest BCUT2D eigenvalue weighted by atomic mass is 10.0. The number of aliphatic hydroxyl groups excluding tert-OH is 1. The van der Waals surface area contributed by atoms with Crippen molar-refractivity contribution in [3.63, 3.8) is 0 Å². The van der Waals surface area contributed by atoms with Crippen LogP contribution in [-0.4, -0.2) is 36.8 Å². The number of carbonyl (C=O) groups excluding carboxylic acids is 1. The summed E-state index contributed by atoms with van der Waals surface area (Å²) in [6.07, 6.45) is 1.13. The van der Waals surface area contributed by atoms with E-state index in [-0.39, 0.29) is 18.3 Å². The molecule has 1 aliphatic rings. The maximum Gasteiger partial charge on any atom is 0.221 e. The molecule has 0 aliphatic carbocycles. The van der Waals surface area contributed by atoms with Crippen molar-refractivity contribution in [3.8, 4) is 5.75 Å². The van der Waals surface area contributed by atoms with Gasteiger partial charge in [0.1, 0.15) is 24.3 Å². The van der Waals surface area contributed by atoms with Gasteiger partial charge in [0.05, 0.1) is 0 Å². The number of anilines is 2. The normalized spacial score (nSPS) is 14.5. The molecule has 0 spiro atoms. The highest BCUT2D eigenvalue weighted by molar-refractivity contribution is 5.88. The number of hydrogen-bond acceptors (Lipinski definition) is 4. The lowest BCUT2D eigenvalue weighted by Crippen LogP contribution is -2.38. The standard InChI is InChI=1S/C20H23FN2O3/c1-14(24)22-17-5-7-19(8-6-17)26-13-18(25)12-23-10-2-3-15-11-16(21)4-9-20(15)23/h4-9,11,18,25H,2-3,10,12-13H2,1H3,(H,22,24). The lowest BCUT2D eigenvalue weighted by Gasteiger charge is -2.32. The summed E-state index contributed by atoms with van der Waals surface area (Å²) in [5.41, 5.74) is 2.66. The molecule has 0 fully saturated rings. The first-order valence-electron chi connectivity index (χ1n) is 8.73. The van der Waals surface area contributed by atoms with Crippen molar-refractivity contribution in [2.45, 2.75) is 25.9 Å². The van der Waals surface area contributed by atoms with Crippen LogP contribution in [0.25, 0.3) is 0 Å². The third-order valence-electron chi connectivity index (χ3n) is 4.30. The van der Waals surface area contributed by atoms with Gasteiger partial charge in [0.25, 0.3) is 0 Å².